The fourth-order valence-corrected chi connectivity index (χ4v) is 1.28. The first-order valence-corrected chi connectivity index (χ1v) is 4.95. The highest BCUT2D eigenvalue weighted by Gasteiger charge is 2.22. The number of likely N-dealkylation sites (N-methyl/N-ethyl adjacent to an activating group) is 1. The summed E-state index contributed by atoms with van der Waals surface area (Å²) in [6.45, 7) is 9.61. The van der Waals surface area contributed by atoms with Crippen molar-refractivity contribution in [3.63, 3.8) is 0 Å². The molecule has 0 N–H and O–H groups in total. The van der Waals surface area contributed by atoms with E-state index in [0.29, 0.717) is 6.42 Å². The van der Waals surface area contributed by atoms with Crippen LogP contribution in [0.25, 0.3) is 0 Å². The van der Waals surface area contributed by atoms with E-state index >= 15 is 0 Å². The first-order valence-electron chi connectivity index (χ1n) is 4.95. The van der Waals surface area contributed by atoms with Crippen molar-refractivity contribution in [3.05, 3.63) is 36.1 Å². The molecule has 0 aromatic carbocycles. The van der Waals surface area contributed by atoms with Gasteiger partial charge in [-0.05, 0) is 18.6 Å². The summed E-state index contributed by atoms with van der Waals surface area (Å²) in [5, 5.41) is 0. The first kappa shape index (κ1) is 12.7. The van der Waals surface area contributed by atoms with Gasteiger partial charge in [-0.2, -0.15) is 0 Å². The van der Waals surface area contributed by atoms with Crippen molar-refractivity contribution < 1.29 is 4.79 Å². The molecule has 0 fully saturated rings. The molecule has 0 aromatic heterocycles. The molecule has 0 aliphatic carbocycles. The van der Waals surface area contributed by atoms with Crippen molar-refractivity contribution in [1.29, 1.82) is 0 Å². The van der Waals surface area contributed by atoms with Crippen LogP contribution in [0.3, 0.4) is 0 Å². The summed E-state index contributed by atoms with van der Waals surface area (Å²) in [4.78, 5) is 12.9. The Bertz CT molecular complexity index is 274. The molecule has 0 unspecified atom stereocenters. The molecule has 0 atom stereocenters. The molecule has 0 aromatic rings. The maximum Gasteiger partial charge on any atom is 0.231 e. The van der Waals surface area contributed by atoms with Gasteiger partial charge in [-0.1, -0.05) is 32.6 Å². The summed E-state index contributed by atoms with van der Waals surface area (Å²) in [6.07, 6.45) is 6.09. The predicted molar refractivity (Wildman–Crippen MR) is 60.8 cm³/mol. The van der Waals surface area contributed by atoms with Crippen LogP contribution < -0.4 is 0 Å². The lowest BCUT2D eigenvalue weighted by Gasteiger charge is -2.10. The third-order valence-electron chi connectivity index (χ3n) is 1.98. The van der Waals surface area contributed by atoms with Gasteiger partial charge < -0.3 is 4.90 Å². The lowest BCUT2D eigenvalue weighted by molar-refractivity contribution is -0.125. The number of allylic oxidation sites excluding steroid dienone is 3. The minimum Gasteiger partial charge on any atom is -0.315 e. The van der Waals surface area contributed by atoms with Crippen LogP contribution in [0.15, 0.2) is 36.1 Å². The summed E-state index contributed by atoms with van der Waals surface area (Å²) in [5.74, 6) is 0.137. The Kier molecular flexibility index (Phi) is 5.61. The van der Waals surface area contributed by atoms with Crippen molar-refractivity contribution >= 4 is 5.91 Å². The molecule has 0 bridgehead atoms. The van der Waals surface area contributed by atoms with Crippen molar-refractivity contribution in [3.8, 4) is 0 Å². The van der Waals surface area contributed by atoms with Crippen LogP contribution >= 0.6 is 0 Å². The van der Waals surface area contributed by atoms with Gasteiger partial charge in [-0.15, -0.1) is 0 Å². The maximum absolute atomic E-state index is 11.2. The topological polar surface area (TPSA) is 20.3 Å². The second kappa shape index (κ2) is 6.19. The van der Waals surface area contributed by atoms with Crippen molar-refractivity contribution in [2.24, 2.45) is 0 Å². The number of hydrogen-bond acceptors (Lipinski definition) is 1. The van der Waals surface area contributed by atoms with Gasteiger partial charge in [-0.3, -0.25) is 4.79 Å². The molecule has 2 heteroatoms. The molecule has 1 heterocycles. The highest BCUT2D eigenvalue weighted by molar-refractivity contribution is 5.85. The van der Waals surface area contributed by atoms with Gasteiger partial charge in [0, 0.05) is 12.7 Å². The Balaban J connectivity index is 0.000000791. The van der Waals surface area contributed by atoms with E-state index < -0.39 is 0 Å². The molecule has 0 saturated heterocycles. The Morgan fingerprint density at radius 3 is 2.43 bits per heavy atom. The van der Waals surface area contributed by atoms with E-state index in [1.54, 1.807) is 18.0 Å². The van der Waals surface area contributed by atoms with Gasteiger partial charge in [0.15, 0.2) is 0 Å². The lowest BCUT2D eigenvalue weighted by atomic mass is 10.2. The Hall–Kier alpha value is -1.31. The maximum atomic E-state index is 11.2. The molecule has 0 spiro atoms. The van der Waals surface area contributed by atoms with Gasteiger partial charge in [0.2, 0.25) is 5.91 Å². The molecule has 1 aliphatic heterocycles. The Morgan fingerprint density at radius 2 is 2.00 bits per heavy atom. The zero-order valence-electron chi connectivity index (χ0n) is 9.50. The largest absolute Gasteiger partial charge is 0.315 e. The second-order valence-electron chi connectivity index (χ2n) is 2.74. The van der Waals surface area contributed by atoms with Gasteiger partial charge in [0.25, 0.3) is 0 Å². The fraction of sp³-hybridized carbons (Fsp3) is 0.417. The van der Waals surface area contributed by atoms with E-state index in [9.17, 15) is 4.79 Å². The minimum absolute atomic E-state index is 0.137. The van der Waals surface area contributed by atoms with Crippen LogP contribution in [-0.2, 0) is 4.79 Å². The summed E-state index contributed by atoms with van der Waals surface area (Å²) in [6, 6.07) is 0. The zero-order chi connectivity index (χ0) is 11.1. The zero-order valence-corrected chi connectivity index (χ0v) is 9.50. The number of amides is 1. The molecule has 0 radical (unpaired) electrons. The lowest BCUT2D eigenvalue weighted by Crippen LogP contribution is -2.18. The average molecular weight is 193 g/mol. The van der Waals surface area contributed by atoms with E-state index in [1.165, 1.54) is 0 Å². The summed E-state index contributed by atoms with van der Waals surface area (Å²) >= 11 is 0. The van der Waals surface area contributed by atoms with Crippen LogP contribution in [0.5, 0.6) is 0 Å². The van der Waals surface area contributed by atoms with Gasteiger partial charge in [0.05, 0.1) is 6.42 Å². The second-order valence-corrected chi connectivity index (χ2v) is 2.74. The third-order valence-corrected chi connectivity index (χ3v) is 1.98. The summed E-state index contributed by atoms with van der Waals surface area (Å²) < 4.78 is 0. The predicted octanol–water partition coefficient (Wildman–Crippen LogP) is 2.89. The summed E-state index contributed by atoms with van der Waals surface area (Å²) in [5.41, 5.74) is 1.98. The van der Waals surface area contributed by atoms with E-state index in [4.69, 9.17) is 0 Å². The van der Waals surface area contributed by atoms with E-state index in [1.807, 2.05) is 32.9 Å². The van der Waals surface area contributed by atoms with Crippen molar-refractivity contribution in [2.75, 3.05) is 7.05 Å². The standard InChI is InChI=1S/C10H13NO.C2H6/c1-4-6-9-8(5-2)7-10(12)11(9)3;1-2/h4-6H,2,7H2,1,3H3;1-2H3/b6-4-;. The Labute approximate surface area is 86.6 Å². The highest BCUT2D eigenvalue weighted by Crippen LogP contribution is 2.23. The first-order chi connectivity index (χ1) is 6.70. The molecule has 1 rings (SSSR count). The number of rotatable bonds is 2. The molecule has 14 heavy (non-hydrogen) atoms. The van der Waals surface area contributed by atoms with Crippen LogP contribution in [0, 0.1) is 0 Å². The molecule has 1 aliphatic rings. The number of hydrogen-bond donors (Lipinski definition) is 0. The fourth-order valence-electron chi connectivity index (χ4n) is 1.28. The molecule has 78 valence electrons. The molecule has 0 saturated carbocycles. The Morgan fingerprint density at radius 1 is 1.43 bits per heavy atom. The van der Waals surface area contributed by atoms with Crippen molar-refractivity contribution in [1.82, 2.24) is 4.90 Å². The average Bonchev–Trinajstić information content (AvgIpc) is 2.49. The van der Waals surface area contributed by atoms with Crippen LogP contribution in [0.1, 0.15) is 27.2 Å². The van der Waals surface area contributed by atoms with Crippen molar-refractivity contribution in [2.45, 2.75) is 27.2 Å². The van der Waals surface area contributed by atoms with Gasteiger partial charge in [-0.25, -0.2) is 0 Å². The normalized spacial score (nSPS) is 16.0. The molecular formula is C12H19NO. The van der Waals surface area contributed by atoms with Crippen LogP contribution in [0.2, 0.25) is 0 Å². The molecular weight excluding hydrogens is 174 g/mol. The molecule has 1 amide bonds. The van der Waals surface area contributed by atoms with E-state index in [0.717, 1.165) is 11.3 Å². The SMILES string of the molecule is C=CC1=C(/C=C\C)N(C)C(=O)C1.CC. The quantitative estimate of drug-likeness (QED) is 0.660. The number of carbonyl (C=O) groups excluding carboxylic acids is 1. The monoisotopic (exact) mass is 193 g/mol. The molecule has 2 nitrogen and oxygen atoms in total. The highest BCUT2D eigenvalue weighted by atomic mass is 16.2. The minimum atomic E-state index is 0.137. The van der Waals surface area contributed by atoms with E-state index in [-0.39, 0.29) is 5.91 Å². The van der Waals surface area contributed by atoms with Crippen LogP contribution in [0.4, 0.5) is 0 Å². The van der Waals surface area contributed by atoms with E-state index in [2.05, 4.69) is 6.58 Å². The number of carbonyl (C=O) groups is 1. The third kappa shape index (κ3) is 2.59. The number of nitrogens with zero attached hydrogens (tertiary/aromatic N) is 1. The van der Waals surface area contributed by atoms with Crippen LogP contribution in [-0.4, -0.2) is 17.9 Å². The van der Waals surface area contributed by atoms with Gasteiger partial charge in [0.1, 0.15) is 0 Å². The summed E-state index contributed by atoms with van der Waals surface area (Å²) in [7, 11) is 1.79. The smallest absolute Gasteiger partial charge is 0.231 e. The van der Waals surface area contributed by atoms with Gasteiger partial charge >= 0.3 is 0 Å².